The molecule has 4 aromatic rings. The quantitative estimate of drug-likeness (QED) is 0.220. The third-order valence-electron chi connectivity index (χ3n) is 7.59. The number of aryl methyl sites for hydroxylation is 1. The highest BCUT2D eigenvalue weighted by atomic mass is 35.5. The summed E-state index contributed by atoms with van der Waals surface area (Å²) in [6.45, 7) is 10.6. The maximum atomic E-state index is 13.6. The minimum Gasteiger partial charge on any atom is -0.377 e. The van der Waals surface area contributed by atoms with Gasteiger partial charge in [-0.15, -0.1) is 0 Å². The molecule has 3 heterocycles. The summed E-state index contributed by atoms with van der Waals surface area (Å²) < 4.78 is 6.95. The Morgan fingerprint density at radius 1 is 1.12 bits per heavy atom. The van der Waals surface area contributed by atoms with Gasteiger partial charge in [0.1, 0.15) is 5.65 Å². The van der Waals surface area contributed by atoms with Gasteiger partial charge in [0, 0.05) is 46.8 Å². The first-order valence-electron chi connectivity index (χ1n) is 14.0. The van der Waals surface area contributed by atoms with Crippen molar-refractivity contribution >= 4 is 40.3 Å². The first-order chi connectivity index (χ1) is 20.4. The average molecular weight is 600 g/mol. The van der Waals surface area contributed by atoms with Crippen molar-refractivity contribution in [3.05, 3.63) is 99.4 Å². The number of Topliss-reactive ketones (excluding diaryl/α,β-unsaturated/α-hetero) is 1. The molecule has 2 aromatic heterocycles. The number of fused-ring (bicyclic) bond motifs is 1. The van der Waals surface area contributed by atoms with Gasteiger partial charge in [0.25, 0.3) is 5.56 Å². The van der Waals surface area contributed by atoms with Crippen LogP contribution in [-0.2, 0) is 28.4 Å². The van der Waals surface area contributed by atoms with Crippen LogP contribution in [-0.4, -0.2) is 51.5 Å². The second-order valence-electron chi connectivity index (χ2n) is 11.7. The monoisotopic (exact) mass is 599 g/mol. The molecule has 1 fully saturated rings. The summed E-state index contributed by atoms with van der Waals surface area (Å²) in [5.41, 5.74) is 3.42. The largest absolute Gasteiger partial charge is 0.377 e. The van der Waals surface area contributed by atoms with Crippen molar-refractivity contribution in [2.75, 3.05) is 18.5 Å². The van der Waals surface area contributed by atoms with Crippen molar-refractivity contribution < 1.29 is 14.3 Å². The maximum absolute atomic E-state index is 13.6. The van der Waals surface area contributed by atoms with E-state index in [4.69, 9.17) is 16.3 Å². The lowest BCUT2D eigenvalue weighted by molar-refractivity contribution is -0.117. The molecule has 222 valence electrons. The summed E-state index contributed by atoms with van der Waals surface area (Å²) in [6, 6.07) is 14.2. The van der Waals surface area contributed by atoms with E-state index in [2.05, 4.69) is 60.1 Å². The minimum absolute atomic E-state index is 0.0282. The molecule has 0 radical (unpaired) electrons. The van der Waals surface area contributed by atoms with Crippen LogP contribution in [0.4, 0.5) is 5.95 Å². The van der Waals surface area contributed by atoms with Gasteiger partial charge < -0.3 is 15.4 Å². The molecule has 1 aliphatic heterocycles. The summed E-state index contributed by atoms with van der Waals surface area (Å²) in [5, 5.41) is 7.00. The molecule has 0 bridgehead atoms. The van der Waals surface area contributed by atoms with Crippen molar-refractivity contribution in [2.24, 2.45) is 7.05 Å². The number of benzene rings is 2. The first kappa shape index (κ1) is 30.1. The third kappa shape index (κ3) is 6.53. The number of carbonyl (C=O) groups excluding carboxylic acids is 2. The Kier molecular flexibility index (Phi) is 8.48. The van der Waals surface area contributed by atoms with E-state index in [1.807, 2.05) is 12.1 Å². The van der Waals surface area contributed by atoms with Gasteiger partial charge in [-0.1, -0.05) is 63.2 Å². The van der Waals surface area contributed by atoms with Crippen LogP contribution in [0.1, 0.15) is 42.3 Å². The number of rotatable bonds is 8. The average Bonchev–Trinajstić information content (AvgIpc) is 3.41. The summed E-state index contributed by atoms with van der Waals surface area (Å²) >= 11 is 6.57. The van der Waals surface area contributed by atoms with E-state index in [1.165, 1.54) is 10.6 Å². The number of nitrogens with zero attached hydrogens (tertiary/aromatic N) is 3. The molecular weight excluding hydrogens is 566 g/mol. The lowest BCUT2D eigenvalue weighted by Crippen LogP contribution is -2.45. The lowest BCUT2D eigenvalue weighted by Gasteiger charge is -2.20. The Morgan fingerprint density at radius 3 is 2.63 bits per heavy atom. The van der Waals surface area contributed by atoms with Gasteiger partial charge in [-0.3, -0.25) is 19.0 Å². The number of carbonyl (C=O) groups is 2. The van der Waals surface area contributed by atoms with Gasteiger partial charge in [-0.2, -0.15) is 4.98 Å². The summed E-state index contributed by atoms with van der Waals surface area (Å²) in [7, 11) is 1.63. The predicted molar refractivity (Wildman–Crippen MR) is 169 cm³/mol. The molecule has 5 rings (SSSR count). The van der Waals surface area contributed by atoms with Gasteiger partial charge in [0.05, 0.1) is 25.3 Å². The zero-order chi connectivity index (χ0) is 30.9. The number of hydrogen-bond donors (Lipinski definition) is 2. The number of hydrogen-bond acceptors (Lipinski definition) is 7. The number of nitrogens with one attached hydrogen (secondary N) is 2. The van der Waals surface area contributed by atoms with E-state index >= 15 is 0 Å². The van der Waals surface area contributed by atoms with Crippen LogP contribution >= 0.6 is 11.6 Å². The third-order valence-corrected chi connectivity index (χ3v) is 7.92. The molecule has 0 spiro atoms. The Hall–Kier alpha value is -4.34. The Labute approximate surface area is 255 Å². The molecule has 0 saturated carbocycles. The first-order valence-corrected chi connectivity index (χ1v) is 14.4. The van der Waals surface area contributed by atoms with Crippen LogP contribution in [0, 0.1) is 0 Å². The number of ether oxygens (including phenoxy) is 1. The minimum atomic E-state index is -0.318. The Bertz CT molecular complexity index is 1790. The van der Waals surface area contributed by atoms with E-state index in [0.29, 0.717) is 51.9 Å². The summed E-state index contributed by atoms with van der Waals surface area (Å²) in [6.07, 6.45) is 3.05. The zero-order valence-electron chi connectivity index (χ0n) is 24.6. The van der Waals surface area contributed by atoms with E-state index in [-0.39, 0.29) is 41.2 Å². The number of pyridine rings is 1. The van der Waals surface area contributed by atoms with Crippen LogP contribution in [0.25, 0.3) is 22.2 Å². The number of anilines is 1. The lowest BCUT2D eigenvalue weighted by atomic mass is 9.85. The fraction of sp³-hybridized carbons (Fsp3) is 0.303. The Balaban J connectivity index is 1.42. The number of amides is 1. The molecule has 0 aliphatic carbocycles. The number of aromatic nitrogens is 3. The smallest absolute Gasteiger partial charge is 0.259 e. The van der Waals surface area contributed by atoms with Crippen molar-refractivity contribution in [2.45, 2.75) is 44.7 Å². The van der Waals surface area contributed by atoms with Crippen molar-refractivity contribution in [1.82, 2.24) is 19.9 Å². The van der Waals surface area contributed by atoms with Gasteiger partial charge in [-0.25, -0.2) is 4.98 Å². The normalized spacial score (nSPS) is 16.7. The molecule has 0 unspecified atom stereocenters. The van der Waals surface area contributed by atoms with E-state index in [1.54, 1.807) is 37.5 Å². The molecule has 2 aromatic carbocycles. The van der Waals surface area contributed by atoms with Gasteiger partial charge in [0.15, 0.2) is 5.78 Å². The van der Waals surface area contributed by atoms with Crippen LogP contribution in [0.15, 0.2) is 72.2 Å². The zero-order valence-corrected chi connectivity index (χ0v) is 25.4. The topological polar surface area (TPSA) is 115 Å². The molecule has 9 nitrogen and oxygen atoms in total. The molecule has 2 N–H and O–H groups in total. The van der Waals surface area contributed by atoms with Crippen molar-refractivity contribution in [1.29, 1.82) is 0 Å². The molecule has 1 saturated heterocycles. The van der Waals surface area contributed by atoms with Crippen LogP contribution in [0.3, 0.4) is 0 Å². The number of halogens is 1. The highest BCUT2D eigenvalue weighted by molar-refractivity contribution is 6.33. The summed E-state index contributed by atoms with van der Waals surface area (Å²) in [5.74, 6) is -0.0697. The molecule has 10 heteroatoms. The van der Waals surface area contributed by atoms with Crippen LogP contribution < -0.4 is 16.2 Å². The molecule has 43 heavy (non-hydrogen) atoms. The van der Waals surface area contributed by atoms with E-state index in [9.17, 15) is 14.4 Å². The van der Waals surface area contributed by atoms with Crippen molar-refractivity contribution in [3.63, 3.8) is 0 Å². The second kappa shape index (κ2) is 12.1. The molecular formula is C33H34ClN5O4. The fourth-order valence-electron chi connectivity index (χ4n) is 5.10. The maximum Gasteiger partial charge on any atom is 0.259 e. The van der Waals surface area contributed by atoms with E-state index < -0.39 is 0 Å². The van der Waals surface area contributed by atoms with Crippen LogP contribution in [0.2, 0.25) is 5.02 Å². The van der Waals surface area contributed by atoms with Gasteiger partial charge in [-0.05, 0) is 46.9 Å². The summed E-state index contributed by atoms with van der Waals surface area (Å²) in [4.78, 5) is 47.7. The van der Waals surface area contributed by atoms with Crippen LogP contribution in [0.5, 0.6) is 0 Å². The molecule has 1 amide bonds. The molecule has 2 atom stereocenters. The van der Waals surface area contributed by atoms with Crippen molar-refractivity contribution in [3.8, 4) is 11.1 Å². The highest BCUT2D eigenvalue weighted by Crippen LogP contribution is 2.30. The Morgan fingerprint density at radius 2 is 1.88 bits per heavy atom. The van der Waals surface area contributed by atoms with Gasteiger partial charge in [0.2, 0.25) is 11.9 Å². The number of ketones is 1. The SMILES string of the molecule is C=CC(=O)N[C@H]1COC[C@H]1Nc1ncc2cc(-c3cc(C(=O)Cc4cccc(C(C)(C)C)c4)ccc3Cl)c(=O)n(C)c2n1. The van der Waals surface area contributed by atoms with Gasteiger partial charge >= 0.3 is 0 Å². The van der Waals surface area contributed by atoms with E-state index in [0.717, 1.165) is 11.1 Å². The predicted octanol–water partition coefficient (Wildman–Crippen LogP) is 4.85. The fourth-order valence-corrected chi connectivity index (χ4v) is 5.32. The molecule has 1 aliphatic rings. The second-order valence-corrected chi connectivity index (χ2v) is 12.2. The highest BCUT2D eigenvalue weighted by Gasteiger charge is 2.30. The standard InChI is InChI=1S/C33H34ClN5O4/c1-6-29(41)36-26-17-43-18-27(26)37-32-35-16-21-15-24(31(42)39(5)30(21)38-32)23-14-20(10-11-25(23)34)28(40)13-19-8-7-9-22(12-19)33(2,3)4/h6-12,14-16,26-27H,1,13,17-18H2,2-5H3,(H,36,41)(H,35,37,38)/t26-,27+/m0/s1.